The van der Waals surface area contributed by atoms with Crippen molar-refractivity contribution in [2.24, 2.45) is 5.73 Å². The van der Waals surface area contributed by atoms with E-state index in [1.54, 1.807) is 0 Å². The van der Waals surface area contributed by atoms with Gasteiger partial charge in [-0.2, -0.15) is 0 Å². The first-order chi connectivity index (χ1) is 7.79. The maximum absolute atomic E-state index is 11.4. The summed E-state index contributed by atoms with van der Waals surface area (Å²) in [4.78, 5) is 12.9. The van der Waals surface area contributed by atoms with Gasteiger partial charge in [0.05, 0.1) is 11.4 Å². The van der Waals surface area contributed by atoms with Crippen molar-refractivity contribution in [3.8, 4) is 0 Å². The van der Waals surface area contributed by atoms with E-state index in [4.69, 9.17) is 5.73 Å². The summed E-state index contributed by atoms with van der Waals surface area (Å²) < 4.78 is 0. The van der Waals surface area contributed by atoms with Crippen LogP contribution in [0.25, 0.3) is 0 Å². The standard InChI is InChI=1S/C13H12N2O.Ca.2H/c14-13(16)15(11-7-3-1-4-8-11)12-9-5-2-6-10-12;;;/h1-10H,(H2,14,16);;;. The van der Waals surface area contributed by atoms with Crippen molar-refractivity contribution >= 4 is 55.1 Å². The molecule has 3 nitrogen and oxygen atoms in total. The number of nitrogens with two attached hydrogens (primary N) is 1. The zero-order valence-electron chi connectivity index (χ0n) is 8.71. The molecule has 2 amide bonds. The molecule has 0 spiro atoms. The van der Waals surface area contributed by atoms with Gasteiger partial charge in [-0.25, -0.2) is 4.79 Å². The summed E-state index contributed by atoms with van der Waals surface area (Å²) in [6.45, 7) is 0. The molecular formula is C13H14CaN2O. The molecule has 0 saturated carbocycles. The molecule has 0 aliphatic carbocycles. The summed E-state index contributed by atoms with van der Waals surface area (Å²) in [7, 11) is 0. The molecule has 0 aliphatic rings. The number of amides is 2. The summed E-state index contributed by atoms with van der Waals surface area (Å²) >= 11 is 0. The zero-order valence-corrected chi connectivity index (χ0v) is 8.71. The topological polar surface area (TPSA) is 46.3 Å². The Bertz CT molecular complexity index is 434. The van der Waals surface area contributed by atoms with E-state index in [1.165, 1.54) is 4.90 Å². The number of urea groups is 1. The molecule has 2 N–H and O–H groups in total. The van der Waals surface area contributed by atoms with Crippen molar-refractivity contribution in [2.45, 2.75) is 0 Å². The van der Waals surface area contributed by atoms with Gasteiger partial charge in [-0.3, -0.25) is 4.90 Å². The fourth-order valence-electron chi connectivity index (χ4n) is 1.56. The Hall–Kier alpha value is -1.03. The summed E-state index contributed by atoms with van der Waals surface area (Å²) in [6, 6.07) is 18.2. The Morgan fingerprint density at radius 1 is 0.824 bits per heavy atom. The molecule has 2 aromatic rings. The van der Waals surface area contributed by atoms with Crippen LogP contribution in [0.3, 0.4) is 0 Å². The molecule has 0 unspecified atom stereocenters. The van der Waals surface area contributed by atoms with Crippen molar-refractivity contribution in [2.75, 3.05) is 4.90 Å². The Labute approximate surface area is 130 Å². The van der Waals surface area contributed by atoms with Gasteiger partial charge in [0.15, 0.2) is 0 Å². The second-order valence-electron chi connectivity index (χ2n) is 3.34. The molecule has 0 bridgehead atoms. The predicted octanol–water partition coefficient (Wildman–Crippen LogP) is 1.99. The number of para-hydroxylation sites is 2. The van der Waals surface area contributed by atoms with Crippen LogP contribution < -0.4 is 10.6 Å². The number of carbonyl (C=O) groups excluding carboxylic acids is 1. The van der Waals surface area contributed by atoms with Crippen molar-refractivity contribution in [3.63, 3.8) is 0 Å². The van der Waals surface area contributed by atoms with Crippen molar-refractivity contribution in [3.05, 3.63) is 60.7 Å². The average molecular weight is 254 g/mol. The first-order valence-corrected chi connectivity index (χ1v) is 4.98. The second-order valence-corrected chi connectivity index (χ2v) is 3.34. The van der Waals surface area contributed by atoms with E-state index in [9.17, 15) is 4.79 Å². The third-order valence-corrected chi connectivity index (χ3v) is 2.25. The number of hydrogen-bond acceptors (Lipinski definition) is 1. The van der Waals surface area contributed by atoms with Gasteiger partial charge >= 0.3 is 43.8 Å². The number of hydrogen-bond donors (Lipinski definition) is 1. The number of rotatable bonds is 2. The van der Waals surface area contributed by atoms with E-state index in [0.29, 0.717) is 0 Å². The van der Waals surface area contributed by atoms with E-state index in [0.717, 1.165) is 11.4 Å². The quantitative estimate of drug-likeness (QED) is 0.818. The minimum absolute atomic E-state index is 0. The first kappa shape index (κ1) is 14.0. The molecule has 0 atom stereocenters. The maximum atomic E-state index is 11.4. The van der Waals surface area contributed by atoms with Crippen LogP contribution in [0.2, 0.25) is 0 Å². The minimum atomic E-state index is -0.489. The molecule has 2 aromatic carbocycles. The number of anilines is 2. The van der Waals surface area contributed by atoms with E-state index < -0.39 is 6.03 Å². The molecule has 2 rings (SSSR count). The van der Waals surface area contributed by atoms with Gasteiger partial charge in [0, 0.05) is 0 Å². The summed E-state index contributed by atoms with van der Waals surface area (Å²) in [5.41, 5.74) is 6.92. The monoisotopic (exact) mass is 254 g/mol. The molecule has 0 saturated heterocycles. The fourth-order valence-corrected chi connectivity index (χ4v) is 1.56. The Kier molecular flexibility index (Phi) is 5.48. The van der Waals surface area contributed by atoms with Gasteiger partial charge in [0.2, 0.25) is 0 Å². The van der Waals surface area contributed by atoms with Gasteiger partial charge in [-0.15, -0.1) is 0 Å². The van der Waals surface area contributed by atoms with Crippen LogP contribution in [-0.2, 0) is 0 Å². The van der Waals surface area contributed by atoms with E-state index >= 15 is 0 Å². The van der Waals surface area contributed by atoms with Crippen LogP contribution in [0.4, 0.5) is 16.2 Å². The molecule has 0 heterocycles. The molecule has 0 fully saturated rings. The molecule has 4 heteroatoms. The summed E-state index contributed by atoms with van der Waals surface area (Å²) in [5, 5.41) is 0. The van der Waals surface area contributed by atoms with Gasteiger partial charge in [-0.1, -0.05) is 36.4 Å². The van der Waals surface area contributed by atoms with Gasteiger partial charge in [0.25, 0.3) is 0 Å². The molecule has 17 heavy (non-hydrogen) atoms. The normalized spacial score (nSPS) is 9.18. The first-order valence-electron chi connectivity index (χ1n) is 4.98. The van der Waals surface area contributed by atoms with Gasteiger partial charge < -0.3 is 5.73 Å². The van der Waals surface area contributed by atoms with Crippen LogP contribution in [-0.4, -0.2) is 43.8 Å². The third-order valence-electron chi connectivity index (χ3n) is 2.25. The SMILES string of the molecule is NC(=O)N(c1ccccc1)c1ccccc1.[CaH2]. The predicted molar refractivity (Wildman–Crippen MR) is 73.2 cm³/mol. The van der Waals surface area contributed by atoms with Crippen molar-refractivity contribution < 1.29 is 4.79 Å². The Morgan fingerprint density at radius 2 is 1.18 bits per heavy atom. The molecular weight excluding hydrogens is 240 g/mol. The number of carbonyl (C=O) groups is 1. The number of nitrogens with zero attached hydrogens (tertiary/aromatic N) is 1. The second kappa shape index (κ2) is 6.64. The summed E-state index contributed by atoms with van der Waals surface area (Å²) in [6.07, 6.45) is 0. The van der Waals surface area contributed by atoms with Crippen LogP contribution in [0.15, 0.2) is 60.7 Å². The van der Waals surface area contributed by atoms with Gasteiger partial charge in [-0.05, 0) is 24.3 Å². The van der Waals surface area contributed by atoms with Crippen LogP contribution >= 0.6 is 0 Å². The van der Waals surface area contributed by atoms with Crippen molar-refractivity contribution in [1.29, 1.82) is 0 Å². The van der Waals surface area contributed by atoms with E-state index in [2.05, 4.69) is 0 Å². The average Bonchev–Trinajstić information content (AvgIpc) is 2.31. The molecule has 0 aliphatic heterocycles. The van der Waals surface area contributed by atoms with E-state index in [1.807, 2.05) is 60.7 Å². The summed E-state index contributed by atoms with van der Waals surface area (Å²) in [5.74, 6) is 0. The molecule has 84 valence electrons. The van der Waals surface area contributed by atoms with Crippen LogP contribution in [0.5, 0.6) is 0 Å². The zero-order chi connectivity index (χ0) is 11.4. The third kappa shape index (κ3) is 3.46. The Morgan fingerprint density at radius 3 is 1.47 bits per heavy atom. The van der Waals surface area contributed by atoms with E-state index in [-0.39, 0.29) is 37.7 Å². The van der Waals surface area contributed by atoms with Crippen LogP contribution in [0.1, 0.15) is 0 Å². The van der Waals surface area contributed by atoms with Gasteiger partial charge in [0.1, 0.15) is 0 Å². The molecule has 0 aromatic heterocycles. The van der Waals surface area contributed by atoms with Crippen LogP contribution in [0, 0.1) is 0 Å². The number of primary amides is 1. The number of benzene rings is 2. The Balaban J connectivity index is 0.00000144. The molecule has 0 radical (unpaired) electrons. The fraction of sp³-hybridized carbons (Fsp3) is 0. The van der Waals surface area contributed by atoms with Crippen molar-refractivity contribution in [1.82, 2.24) is 0 Å².